The molecule has 1 aliphatic carbocycles. The minimum atomic E-state index is -0.306. The summed E-state index contributed by atoms with van der Waals surface area (Å²) in [5.41, 5.74) is 10.9. The molecule has 4 N–H and O–H groups in total. The van der Waals surface area contributed by atoms with Gasteiger partial charge in [-0.2, -0.15) is 5.26 Å². The molecule has 1 atom stereocenters. The van der Waals surface area contributed by atoms with E-state index in [0.717, 1.165) is 66.9 Å². The molecule has 39 heavy (non-hydrogen) atoms. The Morgan fingerprint density at radius 1 is 1.26 bits per heavy atom. The van der Waals surface area contributed by atoms with Gasteiger partial charge in [0.25, 0.3) is 0 Å². The zero-order valence-electron chi connectivity index (χ0n) is 21.7. The molecular formula is C29H31ClFN7O. The highest BCUT2D eigenvalue weighted by Gasteiger charge is 2.32. The van der Waals surface area contributed by atoms with Crippen LogP contribution in [0.15, 0.2) is 54.5 Å². The first kappa shape index (κ1) is 25.7. The zero-order chi connectivity index (χ0) is 27.0. The molecule has 0 amide bonds. The average molecular weight is 548 g/mol. The first-order valence-corrected chi connectivity index (χ1v) is 13.7. The number of aromatic nitrogens is 1. The molecule has 1 saturated carbocycles. The van der Waals surface area contributed by atoms with Crippen LogP contribution in [0.25, 0.3) is 10.9 Å². The van der Waals surface area contributed by atoms with E-state index < -0.39 is 0 Å². The molecule has 10 heteroatoms. The molecule has 0 radical (unpaired) electrons. The van der Waals surface area contributed by atoms with Crippen LogP contribution in [0.3, 0.4) is 0 Å². The third kappa shape index (κ3) is 5.46. The average Bonchev–Trinajstić information content (AvgIpc) is 3.68. The zero-order valence-corrected chi connectivity index (χ0v) is 22.5. The minimum absolute atomic E-state index is 0.0644. The fraction of sp³-hybridized carbons (Fsp3) is 0.379. The van der Waals surface area contributed by atoms with Crippen LogP contribution in [-0.4, -0.2) is 35.8 Å². The third-order valence-corrected chi connectivity index (χ3v) is 8.10. The summed E-state index contributed by atoms with van der Waals surface area (Å²) in [4.78, 5) is 4.50. The normalized spacial score (nSPS) is 19.2. The van der Waals surface area contributed by atoms with Crippen LogP contribution in [0.1, 0.15) is 49.8 Å². The van der Waals surface area contributed by atoms with Crippen molar-refractivity contribution in [1.29, 1.82) is 5.26 Å². The van der Waals surface area contributed by atoms with Crippen molar-refractivity contribution in [2.24, 2.45) is 5.41 Å². The molecule has 3 heterocycles. The molecule has 3 aliphatic rings. The van der Waals surface area contributed by atoms with Gasteiger partial charge in [-0.15, -0.1) is 5.53 Å². The Morgan fingerprint density at radius 2 is 2.03 bits per heavy atom. The molecule has 1 saturated heterocycles. The van der Waals surface area contributed by atoms with Gasteiger partial charge in [-0.25, -0.2) is 4.39 Å². The van der Waals surface area contributed by atoms with Crippen molar-refractivity contribution in [1.82, 2.24) is 21.0 Å². The molecule has 1 aromatic heterocycles. The maximum Gasteiger partial charge on any atom is 0.123 e. The summed E-state index contributed by atoms with van der Waals surface area (Å²) in [6, 6.07) is 12.7. The van der Waals surface area contributed by atoms with Gasteiger partial charge in [0.15, 0.2) is 0 Å². The standard InChI is InChI=1S/C29H31ClFN7O/c1-29(8-10-39-11-9-29)17-34-26-19(14-32)15-33-28-23(26)12-21(13-24(28)30)35-27(18-2-4-20(31)5-3-18)25-16-38(37-36-25)22-6-7-22/h2-5,12-13,15-16,22,27,35-37H,6-11,17H2,1H3,(H,33,34). The van der Waals surface area contributed by atoms with Crippen molar-refractivity contribution in [3.8, 4) is 6.07 Å². The van der Waals surface area contributed by atoms with Crippen LogP contribution in [0.2, 0.25) is 5.02 Å². The number of pyridine rings is 1. The highest BCUT2D eigenvalue weighted by molar-refractivity contribution is 6.35. The number of benzene rings is 2. The van der Waals surface area contributed by atoms with E-state index in [2.05, 4.69) is 50.8 Å². The molecule has 3 aromatic rings. The van der Waals surface area contributed by atoms with Crippen LogP contribution in [0.5, 0.6) is 0 Å². The number of hydrogen-bond acceptors (Lipinski definition) is 8. The first-order valence-electron chi connectivity index (χ1n) is 13.3. The topological polar surface area (TPSA) is 97.3 Å². The van der Waals surface area contributed by atoms with Gasteiger partial charge in [-0.05, 0) is 60.9 Å². The van der Waals surface area contributed by atoms with Crippen LogP contribution in [-0.2, 0) is 4.74 Å². The lowest BCUT2D eigenvalue weighted by molar-refractivity contribution is 0.0300. The highest BCUT2D eigenvalue weighted by Crippen LogP contribution is 2.38. The van der Waals surface area contributed by atoms with Gasteiger partial charge in [-0.3, -0.25) is 9.99 Å². The third-order valence-electron chi connectivity index (χ3n) is 7.81. The lowest BCUT2D eigenvalue weighted by Gasteiger charge is -2.34. The van der Waals surface area contributed by atoms with Crippen molar-refractivity contribution in [3.63, 3.8) is 0 Å². The quantitative estimate of drug-likeness (QED) is 0.289. The Morgan fingerprint density at radius 3 is 2.74 bits per heavy atom. The summed E-state index contributed by atoms with van der Waals surface area (Å²) in [6.45, 7) is 4.42. The molecule has 2 fully saturated rings. The van der Waals surface area contributed by atoms with E-state index >= 15 is 0 Å². The minimum Gasteiger partial charge on any atom is -0.383 e. The monoisotopic (exact) mass is 547 g/mol. The number of fused-ring (bicyclic) bond motifs is 1. The van der Waals surface area contributed by atoms with E-state index in [1.807, 2.05) is 12.1 Å². The van der Waals surface area contributed by atoms with E-state index in [1.54, 1.807) is 18.3 Å². The van der Waals surface area contributed by atoms with Gasteiger partial charge >= 0.3 is 0 Å². The molecule has 2 aromatic carbocycles. The van der Waals surface area contributed by atoms with Crippen molar-refractivity contribution in [2.75, 3.05) is 30.4 Å². The second-order valence-corrected chi connectivity index (χ2v) is 11.3. The van der Waals surface area contributed by atoms with Gasteiger partial charge in [0.2, 0.25) is 0 Å². The molecule has 6 rings (SSSR count). The first-order chi connectivity index (χ1) is 18.9. The number of rotatable bonds is 8. The summed E-state index contributed by atoms with van der Waals surface area (Å²) >= 11 is 6.76. The summed E-state index contributed by atoms with van der Waals surface area (Å²) in [6.07, 6.45) is 7.81. The number of ether oxygens (including phenoxy) is 1. The Hall–Kier alpha value is -3.58. The summed E-state index contributed by atoms with van der Waals surface area (Å²) in [5.74, 6) is -0.290. The molecular weight excluding hydrogens is 517 g/mol. The highest BCUT2D eigenvalue weighted by atomic mass is 35.5. The van der Waals surface area contributed by atoms with E-state index in [4.69, 9.17) is 16.3 Å². The van der Waals surface area contributed by atoms with Gasteiger partial charge < -0.3 is 20.8 Å². The Bertz CT molecular complexity index is 1440. The number of hydrazine groups is 2. The van der Waals surface area contributed by atoms with Gasteiger partial charge in [0, 0.05) is 49.3 Å². The van der Waals surface area contributed by atoms with E-state index in [0.29, 0.717) is 28.7 Å². The van der Waals surface area contributed by atoms with Crippen LogP contribution >= 0.6 is 11.6 Å². The lowest BCUT2D eigenvalue weighted by Crippen LogP contribution is -2.38. The number of hydrogen-bond donors (Lipinski definition) is 4. The van der Waals surface area contributed by atoms with Gasteiger partial charge in [-0.1, -0.05) is 30.7 Å². The number of anilines is 2. The molecule has 1 unspecified atom stereocenters. The second kappa shape index (κ2) is 10.5. The Labute approximate surface area is 232 Å². The van der Waals surface area contributed by atoms with Crippen molar-refractivity contribution < 1.29 is 9.13 Å². The molecule has 8 nitrogen and oxygen atoms in total. The lowest BCUT2D eigenvalue weighted by atomic mass is 9.82. The summed E-state index contributed by atoms with van der Waals surface area (Å²) in [5, 5.41) is 20.4. The summed E-state index contributed by atoms with van der Waals surface area (Å²) < 4.78 is 19.3. The maximum absolute atomic E-state index is 13.8. The van der Waals surface area contributed by atoms with Crippen LogP contribution < -0.4 is 21.6 Å². The van der Waals surface area contributed by atoms with Crippen molar-refractivity contribution in [3.05, 3.63) is 76.5 Å². The fourth-order valence-electron chi connectivity index (χ4n) is 5.16. The van der Waals surface area contributed by atoms with Crippen molar-refractivity contribution in [2.45, 2.75) is 44.7 Å². The number of nitrogens with one attached hydrogen (secondary N) is 4. The molecule has 0 bridgehead atoms. The largest absolute Gasteiger partial charge is 0.383 e. The smallest absolute Gasteiger partial charge is 0.123 e. The second-order valence-electron chi connectivity index (χ2n) is 10.9. The number of nitriles is 1. The Kier molecular flexibility index (Phi) is 6.94. The summed E-state index contributed by atoms with van der Waals surface area (Å²) in [7, 11) is 0. The van der Waals surface area contributed by atoms with Gasteiger partial charge in [0.05, 0.1) is 33.5 Å². The SMILES string of the molecule is CC1(CNc2c(C#N)cnc3c(Cl)cc(NC(C4=CN(C5CC5)NN4)c4ccc(F)cc4)cc23)CCOCC1. The fourth-order valence-corrected chi connectivity index (χ4v) is 5.43. The van der Waals surface area contributed by atoms with E-state index in [-0.39, 0.29) is 17.3 Å². The van der Waals surface area contributed by atoms with E-state index in [9.17, 15) is 9.65 Å². The predicted octanol–water partition coefficient (Wildman–Crippen LogP) is 5.61. The molecule has 2 aliphatic heterocycles. The maximum atomic E-state index is 13.8. The number of halogens is 2. The van der Waals surface area contributed by atoms with Crippen LogP contribution in [0, 0.1) is 22.6 Å². The predicted molar refractivity (Wildman–Crippen MR) is 150 cm³/mol. The van der Waals surface area contributed by atoms with Crippen molar-refractivity contribution >= 4 is 33.9 Å². The van der Waals surface area contributed by atoms with Crippen LogP contribution in [0.4, 0.5) is 15.8 Å². The molecule has 202 valence electrons. The van der Waals surface area contributed by atoms with Gasteiger partial charge in [0.1, 0.15) is 11.9 Å². The Balaban J connectivity index is 1.36. The molecule has 0 spiro atoms. The number of nitrogens with zero attached hydrogens (tertiary/aromatic N) is 3. The van der Waals surface area contributed by atoms with E-state index in [1.165, 1.54) is 12.1 Å².